The van der Waals surface area contributed by atoms with Crippen LogP contribution in [0.5, 0.6) is 0 Å². The number of allylic oxidation sites excluding steroid dienone is 10. The van der Waals surface area contributed by atoms with Crippen LogP contribution in [0.3, 0.4) is 0 Å². The molecule has 0 spiro atoms. The molecule has 9 aromatic rings. The molecule has 3 atom stereocenters. The van der Waals surface area contributed by atoms with E-state index in [0.717, 1.165) is 36.3 Å². The van der Waals surface area contributed by atoms with Gasteiger partial charge in [-0.3, -0.25) is 0 Å². The molecule has 3 unspecified atom stereocenters. The van der Waals surface area contributed by atoms with Gasteiger partial charge in [0.1, 0.15) is 0 Å². The molecule has 0 amide bonds. The lowest BCUT2D eigenvalue weighted by Crippen LogP contribution is -2.38. The van der Waals surface area contributed by atoms with Gasteiger partial charge in [0.15, 0.2) is 0 Å². The minimum atomic E-state index is 0.207. The highest BCUT2D eigenvalue weighted by Gasteiger charge is 2.29. The first-order valence-electron chi connectivity index (χ1n) is 24.4. The summed E-state index contributed by atoms with van der Waals surface area (Å²) >= 11 is 0. The van der Waals surface area contributed by atoms with Gasteiger partial charge in [0, 0.05) is 67.3 Å². The summed E-state index contributed by atoms with van der Waals surface area (Å²) in [5, 5.41) is 5.09. The van der Waals surface area contributed by atoms with E-state index in [2.05, 4.69) is 259 Å². The van der Waals surface area contributed by atoms with Crippen LogP contribution in [0, 0.1) is 18.8 Å². The number of para-hydroxylation sites is 3. The summed E-state index contributed by atoms with van der Waals surface area (Å²) in [5.41, 5.74) is 18.7. The summed E-state index contributed by atoms with van der Waals surface area (Å²) in [4.78, 5) is 5.03. The van der Waals surface area contributed by atoms with Crippen molar-refractivity contribution in [3.05, 3.63) is 235 Å². The Hall–Kier alpha value is -7.82. The summed E-state index contributed by atoms with van der Waals surface area (Å²) < 4.78 is 4.89. The molecule has 3 aliphatic rings. The number of hydrogen-bond donors (Lipinski definition) is 0. The zero-order valence-corrected chi connectivity index (χ0v) is 39.3. The van der Waals surface area contributed by atoms with Gasteiger partial charge in [-0.1, -0.05) is 140 Å². The lowest BCUT2D eigenvalue weighted by molar-refractivity contribution is 0.581. The molecule has 332 valence electrons. The Bertz CT molecular complexity index is 3590. The highest BCUT2D eigenvalue weighted by molar-refractivity contribution is 6.12. The van der Waals surface area contributed by atoms with Crippen molar-refractivity contribution in [2.24, 2.45) is 11.8 Å². The minimum Gasteiger partial charge on any atom is -0.338 e. The molecule has 3 aliphatic carbocycles. The monoisotopic (exact) mass is 880 g/mol. The first-order valence-corrected chi connectivity index (χ1v) is 24.4. The van der Waals surface area contributed by atoms with Gasteiger partial charge in [0.25, 0.3) is 0 Å². The van der Waals surface area contributed by atoms with Gasteiger partial charge in [-0.05, 0) is 147 Å². The maximum Gasteiger partial charge on any atom is 0.0582 e. The van der Waals surface area contributed by atoms with Crippen LogP contribution in [0.25, 0.3) is 60.6 Å². The van der Waals surface area contributed by atoms with Crippen LogP contribution >= 0.6 is 0 Å². The Kier molecular flexibility index (Phi) is 10.5. The molecule has 0 radical (unpaired) electrons. The molecule has 0 bridgehead atoms. The third-order valence-electron chi connectivity index (χ3n) is 14.7. The third kappa shape index (κ3) is 7.23. The summed E-state index contributed by atoms with van der Waals surface area (Å²) in [5.74, 6) is 0.807. The predicted molar refractivity (Wildman–Crippen MR) is 290 cm³/mol. The first kappa shape index (κ1) is 41.6. The van der Waals surface area contributed by atoms with E-state index < -0.39 is 0 Å². The molecule has 68 heavy (non-hydrogen) atoms. The van der Waals surface area contributed by atoms with E-state index in [9.17, 15) is 0 Å². The number of aryl methyl sites for hydroxylation is 1. The Morgan fingerprint density at radius 3 is 1.81 bits per heavy atom. The Morgan fingerprint density at radius 1 is 0.529 bits per heavy atom. The molecular weight excluding hydrogens is 825 g/mol. The molecule has 0 saturated heterocycles. The van der Waals surface area contributed by atoms with E-state index in [1.165, 1.54) is 88.7 Å². The second-order valence-electron chi connectivity index (χ2n) is 19.2. The fourth-order valence-electron chi connectivity index (χ4n) is 11.3. The van der Waals surface area contributed by atoms with Gasteiger partial charge in [0.2, 0.25) is 0 Å². The standard InChI is InChI=1S/C64H56N4/c1-43-22-29-50(30-23-43)65(53-35-38-63-57(41-53)55-17-9-12-20-61(55)67(63)49-15-6-5-7-16-49)51-31-25-47(26-32-51)48-27-33-52(34-28-48)66(60-37-24-44(2)40-46(60)4)54-36-39-64-58(42-54)56-18-10-13-21-62(56)68(64)59-19-11-8-14-45(59)3/h5-13,15-27,29-33,35-42,45-46,60H,14,28,34H2,1-4H3. The fourth-order valence-corrected chi connectivity index (χ4v) is 11.3. The second kappa shape index (κ2) is 17.1. The van der Waals surface area contributed by atoms with Crippen LogP contribution in [0.2, 0.25) is 0 Å². The maximum atomic E-state index is 2.63. The molecule has 7 aromatic carbocycles. The number of benzene rings is 7. The van der Waals surface area contributed by atoms with Crippen molar-refractivity contribution >= 4 is 77.6 Å². The third-order valence-corrected chi connectivity index (χ3v) is 14.7. The normalized spacial score (nSPS) is 18.2. The average molecular weight is 881 g/mol. The Morgan fingerprint density at radius 2 is 1.13 bits per heavy atom. The van der Waals surface area contributed by atoms with Crippen LogP contribution in [-0.4, -0.2) is 15.2 Å². The number of nitrogens with zero attached hydrogens (tertiary/aromatic N) is 4. The van der Waals surface area contributed by atoms with E-state index >= 15 is 0 Å². The van der Waals surface area contributed by atoms with E-state index in [-0.39, 0.29) is 6.04 Å². The number of anilines is 4. The molecular formula is C64H56N4. The highest BCUT2D eigenvalue weighted by Crippen LogP contribution is 2.43. The highest BCUT2D eigenvalue weighted by atomic mass is 15.2. The molecule has 12 rings (SSSR count). The largest absolute Gasteiger partial charge is 0.338 e. The lowest BCUT2D eigenvalue weighted by Gasteiger charge is -2.39. The number of aromatic nitrogens is 2. The first-order chi connectivity index (χ1) is 33.4. The SMILES string of the molecule is CC1=CC(C)C(N(C2=CC=C(c3ccc(N(c4ccc(C)cc4)c4ccc5c(c4)c4ccccc4n5-c4ccccc4)cc3)CC2)c2ccc3c(c2)c2ccccc2n3C2=CC=CCC2C)C=C1. The van der Waals surface area contributed by atoms with Crippen molar-refractivity contribution < 1.29 is 0 Å². The summed E-state index contributed by atoms with van der Waals surface area (Å²) in [7, 11) is 0. The predicted octanol–water partition coefficient (Wildman–Crippen LogP) is 17.2. The Balaban J connectivity index is 0.905. The van der Waals surface area contributed by atoms with Crippen molar-refractivity contribution in [3.63, 3.8) is 0 Å². The Labute approximate surface area is 400 Å². The van der Waals surface area contributed by atoms with Crippen molar-refractivity contribution in [3.8, 4) is 5.69 Å². The summed E-state index contributed by atoms with van der Waals surface area (Å²) in [6.07, 6.45) is 21.7. The molecule has 0 saturated carbocycles. The minimum absolute atomic E-state index is 0.207. The molecule has 0 N–H and O–H groups in total. The van der Waals surface area contributed by atoms with Crippen LogP contribution in [0.1, 0.15) is 51.2 Å². The average Bonchev–Trinajstić information content (AvgIpc) is 3.88. The van der Waals surface area contributed by atoms with Crippen molar-refractivity contribution in [2.75, 3.05) is 9.80 Å². The van der Waals surface area contributed by atoms with Crippen molar-refractivity contribution in [2.45, 2.75) is 53.0 Å². The molecule has 0 aliphatic heterocycles. The fraction of sp³-hybridized carbons (Fsp3) is 0.156. The van der Waals surface area contributed by atoms with Crippen molar-refractivity contribution in [1.82, 2.24) is 9.13 Å². The van der Waals surface area contributed by atoms with Crippen LogP contribution < -0.4 is 9.80 Å². The van der Waals surface area contributed by atoms with Gasteiger partial charge in [-0.15, -0.1) is 0 Å². The number of fused-ring (bicyclic) bond motifs is 6. The second-order valence-corrected chi connectivity index (χ2v) is 19.2. The molecule has 4 nitrogen and oxygen atoms in total. The van der Waals surface area contributed by atoms with Crippen LogP contribution in [0.4, 0.5) is 22.7 Å². The van der Waals surface area contributed by atoms with Crippen molar-refractivity contribution in [1.29, 1.82) is 0 Å². The van der Waals surface area contributed by atoms with Gasteiger partial charge >= 0.3 is 0 Å². The van der Waals surface area contributed by atoms with Crippen LogP contribution in [0.15, 0.2) is 224 Å². The van der Waals surface area contributed by atoms with Gasteiger partial charge in [0.05, 0.1) is 28.1 Å². The van der Waals surface area contributed by atoms with Gasteiger partial charge in [-0.2, -0.15) is 0 Å². The zero-order valence-electron chi connectivity index (χ0n) is 39.3. The van der Waals surface area contributed by atoms with E-state index in [1.54, 1.807) is 0 Å². The zero-order chi connectivity index (χ0) is 45.9. The smallest absolute Gasteiger partial charge is 0.0582 e. The van der Waals surface area contributed by atoms with Gasteiger partial charge < -0.3 is 18.9 Å². The van der Waals surface area contributed by atoms with E-state index in [1.807, 2.05) is 0 Å². The lowest BCUT2D eigenvalue weighted by atomic mass is 9.89. The number of rotatable bonds is 9. The summed E-state index contributed by atoms with van der Waals surface area (Å²) in [6, 6.07) is 60.9. The number of hydrogen-bond acceptors (Lipinski definition) is 2. The molecule has 4 heteroatoms. The molecule has 2 aromatic heterocycles. The quantitative estimate of drug-likeness (QED) is 0.144. The van der Waals surface area contributed by atoms with Gasteiger partial charge in [-0.25, -0.2) is 0 Å². The van der Waals surface area contributed by atoms with Crippen LogP contribution in [-0.2, 0) is 0 Å². The molecule has 0 fully saturated rings. The molecule has 2 heterocycles. The van der Waals surface area contributed by atoms with E-state index in [0.29, 0.717) is 11.8 Å². The summed E-state index contributed by atoms with van der Waals surface area (Å²) in [6.45, 7) is 9.08. The van der Waals surface area contributed by atoms with E-state index in [4.69, 9.17) is 0 Å². The topological polar surface area (TPSA) is 16.3 Å². The maximum absolute atomic E-state index is 2.63.